The molecule has 0 saturated heterocycles. The highest BCUT2D eigenvalue weighted by molar-refractivity contribution is 5.65. The van der Waals surface area contributed by atoms with E-state index in [0.717, 1.165) is 11.1 Å². The van der Waals surface area contributed by atoms with Crippen molar-refractivity contribution in [3.63, 3.8) is 0 Å². The van der Waals surface area contributed by atoms with Gasteiger partial charge in [0.25, 0.3) is 0 Å². The number of rotatable bonds is 3. The molecule has 0 bridgehead atoms. The fourth-order valence-electron chi connectivity index (χ4n) is 1.85. The van der Waals surface area contributed by atoms with Crippen molar-refractivity contribution in [2.75, 3.05) is 7.11 Å². The van der Waals surface area contributed by atoms with Crippen LogP contribution in [0.3, 0.4) is 0 Å². The first-order chi connectivity index (χ1) is 8.20. The Morgan fingerprint density at radius 1 is 1.00 bits per heavy atom. The van der Waals surface area contributed by atoms with E-state index in [-0.39, 0.29) is 0 Å². The molecule has 0 aromatic heterocycles. The molecule has 0 saturated carbocycles. The minimum absolute atomic E-state index is 0.293. The molecule has 0 aliphatic rings. The Labute approximate surface area is 101 Å². The first kappa shape index (κ1) is 11.7. The summed E-state index contributed by atoms with van der Waals surface area (Å²) in [4.78, 5) is 0. The van der Waals surface area contributed by atoms with E-state index in [0.29, 0.717) is 12.4 Å². The van der Waals surface area contributed by atoms with E-state index in [4.69, 9.17) is 4.74 Å². The van der Waals surface area contributed by atoms with Gasteiger partial charge in [-0.2, -0.15) is 0 Å². The summed E-state index contributed by atoms with van der Waals surface area (Å²) in [5, 5.41) is 9.26. The largest absolute Gasteiger partial charge is 0.508 e. The van der Waals surface area contributed by atoms with E-state index in [9.17, 15) is 5.11 Å². The van der Waals surface area contributed by atoms with Crippen LogP contribution in [0.4, 0.5) is 0 Å². The van der Waals surface area contributed by atoms with Gasteiger partial charge in [-0.05, 0) is 41.3 Å². The third-order valence-electron chi connectivity index (χ3n) is 2.84. The molecule has 0 heterocycles. The minimum Gasteiger partial charge on any atom is -0.508 e. The summed E-state index contributed by atoms with van der Waals surface area (Å²) >= 11 is 0. The van der Waals surface area contributed by atoms with Crippen molar-refractivity contribution in [2.24, 2.45) is 0 Å². The topological polar surface area (TPSA) is 29.5 Å². The Morgan fingerprint density at radius 3 is 2.24 bits per heavy atom. The summed E-state index contributed by atoms with van der Waals surface area (Å²) in [5.74, 6) is 0.293. The van der Waals surface area contributed by atoms with Gasteiger partial charge in [-0.3, -0.25) is 0 Å². The zero-order chi connectivity index (χ0) is 12.3. The van der Waals surface area contributed by atoms with Crippen LogP contribution in [0, 0.1) is 6.92 Å². The van der Waals surface area contributed by atoms with Crippen molar-refractivity contribution >= 4 is 0 Å². The number of benzene rings is 2. The maximum absolute atomic E-state index is 9.26. The number of phenolic OH excluding ortho intramolecular Hbond substituents is 1. The molecule has 2 rings (SSSR count). The number of hydrogen-bond donors (Lipinski definition) is 1. The Hall–Kier alpha value is -1.80. The lowest BCUT2D eigenvalue weighted by Crippen LogP contribution is -1.92. The summed E-state index contributed by atoms with van der Waals surface area (Å²) < 4.78 is 5.14. The zero-order valence-corrected chi connectivity index (χ0v) is 10.1. The Bertz CT molecular complexity index is 501. The zero-order valence-electron chi connectivity index (χ0n) is 10.1. The predicted octanol–water partition coefficient (Wildman–Crippen LogP) is 3.51. The molecule has 2 nitrogen and oxygen atoms in total. The second-order valence-corrected chi connectivity index (χ2v) is 4.12. The van der Waals surface area contributed by atoms with Crippen LogP contribution in [0.15, 0.2) is 42.5 Å². The summed E-state index contributed by atoms with van der Waals surface area (Å²) in [5.41, 5.74) is 4.68. The molecule has 0 radical (unpaired) electrons. The molecule has 0 spiro atoms. The molecule has 17 heavy (non-hydrogen) atoms. The Morgan fingerprint density at radius 2 is 1.65 bits per heavy atom. The van der Waals surface area contributed by atoms with Gasteiger partial charge in [0.05, 0.1) is 6.61 Å². The fourth-order valence-corrected chi connectivity index (χ4v) is 1.85. The molecule has 0 aliphatic carbocycles. The van der Waals surface area contributed by atoms with Crippen LogP contribution in [0.25, 0.3) is 11.1 Å². The van der Waals surface area contributed by atoms with Crippen LogP contribution in [0.2, 0.25) is 0 Å². The van der Waals surface area contributed by atoms with Gasteiger partial charge in [-0.1, -0.05) is 30.3 Å². The van der Waals surface area contributed by atoms with Gasteiger partial charge in [0.15, 0.2) is 0 Å². The average Bonchev–Trinajstić information content (AvgIpc) is 2.33. The minimum atomic E-state index is 0.293. The van der Waals surface area contributed by atoms with Gasteiger partial charge in [-0.25, -0.2) is 0 Å². The second kappa shape index (κ2) is 5.02. The van der Waals surface area contributed by atoms with E-state index < -0.39 is 0 Å². The molecule has 2 aromatic rings. The molecule has 2 aromatic carbocycles. The first-order valence-electron chi connectivity index (χ1n) is 5.58. The molecule has 2 heteroatoms. The Balaban J connectivity index is 2.34. The molecule has 0 fully saturated rings. The SMILES string of the molecule is COCc1ccc(-c2ccc(O)cc2)cc1C. The maximum atomic E-state index is 9.26. The van der Waals surface area contributed by atoms with E-state index in [1.54, 1.807) is 19.2 Å². The molecule has 0 atom stereocenters. The van der Waals surface area contributed by atoms with Crippen LogP contribution < -0.4 is 0 Å². The third-order valence-corrected chi connectivity index (χ3v) is 2.84. The van der Waals surface area contributed by atoms with Gasteiger partial charge >= 0.3 is 0 Å². The molecular weight excluding hydrogens is 212 g/mol. The number of phenols is 1. The average molecular weight is 228 g/mol. The van der Waals surface area contributed by atoms with E-state index in [2.05, 4.69) is 25.1 Å². The number of methoxy groups -OCH3 is 1. The number of aromatic hydroxyl groups is 1. The third kappa shape index (κ3) is 2.66. The van der Waals surface area contributed by atoms with Crippen LogP contribution in [-0.2, 0) is 11.3 Å². The Kier molecular flexibility index (Phi) is 3.45. The lowest BCUT2D eigenvalue weighted by atomic mass is 10.0. The smallest absolute Gasteiger partial charge is 0.115 e. The van der Waals surface area contributed by atoms with Gasteiger partial charge < -0.3 is 9.84 Å². The lowest BCUT2D eigenvalue weighted by molar-refractivity contribution is 0.184. The van der Waals surface area contributed by atoms with Crippen molar-refractivity contribution < 1.29 is 9.84 Å². The highest BCUT2D eigenvalue weighted by Gasteiger charge is 2.02. The summed E-state index contributed by atoms with van der Waals surface area (Å²) in [7, 11) is 1.70. The molecular formula is C15H16O2. The number of ether oxygens (including phenoxy) is 1. The van der Waals surface area contributed by atoms with Crippen LogP contribution in [-0.4, -0.2) is 12.2 Å². The standard InChI is InChI=1S/C15H16O2/c1-11-9-13(3-4-14(11)10-17-2)12-5-7-15(16)8-6-12/h3-9,16H,10H2,1-2H3. The predicted molar refractivity (Wildman–Crippen MR) is 69.0 cm³/mol. The second-order valence-electron chi connectivity index (χ2n) is 4.12. The molecule has 0 amide bonds. The van der Waals surface area contributed by atoms with Crippen molar-refractivity contribution in [3.05, 3.63) is 53.6 Å². The normalized spacial score (nSPS) is 10.5. The molecule has 0 unspecified atom stereocenters. The highest BCUT2D eigenvalue weighted by Crippen LogP contribution is 2.24. The van der Waals surface area contributed by atoms with Gasteiger partial charge in [0, 0.05) is 7.11 Å². The van der Waals surface area contributed by atoms with Crippen molar-refractivity contribution in [2.45, 2.75) is 13.5 Å². The number of aryl methyl sites for hydroxylation is 1. The molecule has 0 aliphatic heterocycles. The number of hydrogen-bond acceptors (Lipinski definition) is 2. The highest BCUT2D eigenvalue weighted by atomic mass is 16.5. The summed E-state index contributed by atoms with van der Waals surface area (Å²) in [6, 6.07) is 13.5. The van der Waals surface area contributed by atoms with Crippen molar-refractivity contribution in [1.29, 1.82) is 0 Å². The fraction of sp³-hybridized carbons (Fsp3) is 0.200. The van der Waals surface area contributed by atoms with Gasteiger partial charge in [0.1, 0.15) is 5.75 Å². The monoisotopic (exact) mass is 228 g/mol. The lowest BCUT2D eigenvalue weighted by Gasteiger charge is -2.08. The van der Waals surface area contributed by atoms with Gasteiger partial charge in [0.2, 0.25) is 0 Å². The molecule has 1 N–H and O–H groups in total. The van der Waals surface area contributed by atoms with Gasteiger partial charge in [-0.15, -0.1) is 0 Å². The summed E-state index contributed by atoms with van der Waals surface area (Å²) in [6.45, 7) is 2.72. The first-order valence-corrected chi connectivity index (χ1v) is 5.58. The van der Waals surface area contributed by atoms with Crippen LogP contribution in [0.5, 0.6) is 5.75 Å². The summed E-state index contributed by atoms with van der Waals surface area (Å²) in [6.07, 6.45) is 0. The van der Waals surface area contributed by atoms with Crippen molar-refractivity contribution in [3.8, 4) is 16.9 Å². The quantitative estimate of drug-likeness (QED) is 0.871. The molecule has 88 valence electrons. The van der Waals surface area contributed by atoms with E-state index in [1.165, 1.54) is 11.1 Å². The van der Waals surface area contributed by atoms with E-state index >= 15 is 0 Å². The van der Waals surface area contributed by atoms with Crippen LogP contribution in [0.1, 0.15) is 11.1 Å². The van der Waals surface area contributed by atoms with Crippen molar-refractivity contribution in [1.82, 2.24) is 0 Å². The maximum Gasteiger partial charge on any atom is 0.115 e. The van der Waals surface area contributed by atoms with Crippen LogP contribution >= 0.6 is 0 Å². The van der Waals surface area contributed by atoms with E-state index in [1.807, 2.05) is 12.1 Å².